The molecule has 6 heteroatoms. The van der Waals surface area contributed by atoms with Crippen molar-refractivity contribution in [3.63, 3.8) is 0 Å². The Labute approximate surface area is 181 Å². The molecule has 2 aromatic carbocycles. The number of nitrogens with one attached hydrogen (secondary N) is 1. The summed E-state index contributed by atoms with van der Waals surface area (Å²) in [5, 5.41) is 2.93. The second kappa shape index (κ2) is 8.92. The van der Waals surface area contributed by atoms with Crippen LogP contribution < -0.4 is 10.1 Å². The minimum atomic E-state index is -0.138. The minimum absolute atomic E-state index is 0.136. The standard InChI is InChI=1S/C25H25N3O3/c1-4-30-21-12-10-20(11-13-21)27-24(29)16-28-18(3)17(2)26-25(28)23-15-14-22(31-23)19-8-6-5-7-9-19/h5-15H,4,16H2,1-3H3,(H,27,29). The van der Waals surface area contributed by atoms with Crippen LogP contribution in [0.3, 0.4) is 0 Å². The van der Waals surface area contributed by atoms with E-state index in [9.17, 15) is 4.79 Å². The number of rotatable bonds is 7. The van der Waals surface area contributed by atoms with Crippen LogP contribution in [0.4, 0.5) is 5.69 Å². The van der Waals surface area contributed by atoms with E-state index < -0.39 is 0 Å². The van der Waals surface area contributed by atoms with Gasteiger partial charge in [-0.25, -0.2) is 4.98 Å². The number of amides is 1. The molecule has 0 unspecified atom stereocenters. The van der Waals surface area contributed by atoms with Gasteiger partial charge >= 0.3 is 0 Å². The number of furan rings is 1. The third-order valence-corrected chi connectivity index (χ3v) is 5.09. The molecule has 0 saturated carbocycles. The Morgan fingerprint density at radius 1 is 1.00 bits per heavy atom. The Morgan fingerprint density at radius 2 is 1.71 bits per heavy atom. The Kier molecular flexibility index (Phi) is 5.89. The van der Waals surface area contributed by atoms with Crippen LogP contribution in [0.1, 0.15) is 18.3 Å². The van der Waals surface area contributed by atoms with E-state index in [1.807, 2.05) is 92.1 Å². The molecule has 158 valence electrons. The van der Waals surface area contributed by atoms with Crippen molar-refractivity contribution in [1.29, 1.82) is 0 Å². The van der Waals surface area contributed by atoms with Gasteiger partial charge in [-0.2, -0.15) is 0 Å². The average Bonchev–Trinajstić information content (AvgIpc) is 3.37. The molecule has 0 saturated heterocycles. The molecule has 4 rings (SSSR count). The first-order valence-corrected chi connectivity index (χ1v) is 10.3. The summed E-state index contributed by atoms with van der Waals surface area (Å²) < 4.78 is 13.4. The summed E-state index contributed by atoms with van der Waals surface area (Å²) in [5.74, 6) is 2.67. The number of ether oxygens (including phenoxy) is 1. The third-order valence-electron chi connectivity index (χ3n) is 5.09. The van der Waals surface area contributed by atoms with Crippen molar-refractivity contribution in [2.24, 2.45) is 0 Å². The monoisotopic (exact) mass is 415 g/mol. The van der Waals surface area contributed by atoms with E-state index in [0.29, 0.717) is 23.9 Å². The fourth-order valence-electron chi connectivity index (χ4n) is 3.40. The van der Waals surface area contributed by atoms with Crippen LogP contribution in [0.2, 0.25) is 0 Å². The summed E-state index contributed by atoms with van der Waals surface area (Å²) >= 11 is 0. The smallest absolute Gasteiger partial charge is 0.244 e. The Bertz CT molecular complexity index is 1170. The van der Waals surface area contributed by atoms with Gasteiger partial charge in [0.25, 0.3) is 0 Å². The molecule has 6 nitrogen and oxygen atoms in total. The zero-order valence-corrected chi connectivity index (χ0v) is 17.9. The van der Waals surface area contributed by atoms with E-state index >= 15 is 0 Å². The lowest BCUT2D eigenvalue weighted by Gasteiger charge is -2.10. The largest absolute Gasteiger partial charge is 0.494 e. The first-order chi connectivity index (χ1) is 15.0. The van der Waals surface area contributed by atoms with Crippen molar-refractivity contribution < 1.29 is 13.9 Å². The van der Waals surface area contributed by atoms with Gasteiger partial charge in [-0.05, 0) is 57.2 Å². The van der Waals surface area contributed by atoms with Crippen LogP contribution >= 0.6 is 0 Å². The highest BCUT2D eigenvalue weighted by Gasteiger charge is 2.19. The first kappa shape index (κ1) is 20.5. The number of hydrogen-bond donors (Lipinski definition) is 1. The van der Waals surface area contributed by atoms with Gasteiger partial charge in [-0.1, -0.05) is 30.3 Å². The number of carbonyl (C=O) groups excluding carboxylic acids is 1. The lowest BCUT2D eigenvalue weighted by atomic mass is 10.2. The van der Waals surface area contributed by atoms with Gasteiger partial charge in [0.2, 0.25) is 5.91 Å². The summed E-state index contributed by atoms with van der Waals surface area (Å²) in [6.45, 7) is 6.56. The first-order valence-electron chi connectivity index (χ1n) is 10.3. The predicted molar refractivity (Wildman–Crippen MR) is 121 cm³/mol. The molecule has 0 aliphatic heterocycles. The normalized spacial score (nSPS) is 10.8. The topological polar surface area (TPSA) is 69.3 Å². The molecule has 4 aromatic rings. The highest BCUT2D eigenvalue weighted by Crippen LogP contribution is 2.29. The van der Waals surface area contributed by atoms with Gasteiger partial charge in [0.05, 0.1) is 12.3 Å². The molecule has 0 aliphatic rings. The van der Waals surface area contributed by atoms with Gasteiger partial charge in [-0.15, -0.1) is 0 Å². The molecule has 0 aliphatic carbocycles. The zero-order valence-electron chi connectivity index (χ0n) is 17.9. The van der Waals surface area contributed by atoms with E-state index in [4.69, 9.17) is 9.15 Å². The molecule has 0 bridgehead atoms. The fourth-order valence-corrected chi connectivity index (χ4v) is 3.40. The summed E-state index contributed by atoms with van der Waals surface area (Å²) in [5.41, 5.74) is 3.50. The Balaban J connectivity index is 1.54. The molecule has 1 amide bonds. The predicted octanol–water partition coefficient (Wildman–Crippen LogP) is 5.46. The molecule has 2 heterocycles. The van der Waals surface area contributed by atoms with Crippen molar-refractivity contribution >= 4 is 11.6 Å². The number of aryl methyl sites for hydroxylation is 1. The molecular weight excluding hydrogens is 390 g/mol. The maximum absolute atomic E-state index is 12.7. The molecule has 1 N–H and O–H groups in total. The van der Waals surface area contributed by atoms with Gasteiger partial charge in [-0.3, -0.25) is 4.79 Å². The van der Waals surface area contributed by atoms with Crippen molar-refractivity contribution in [3.05, 3.63) is 78.1 Å². The van der Waals surface area contributed by atoms with Crippen LogP contribution in [0.15, 0.2) is 71.1 Å². The van der Waals surface area contributed by atoms with Gasteiger partial charge < -0.3 is 19.0 Å². The van der Waals surface area contributed by atoms with Gasteiger partial charge in [0.15, 0.2) is 11.6 Å². The summed E-state index contributed by atoms with van der Waals surface area (Å²) in [4.78, 5) is 17.4. The molecule has 0 spiro atoms. The Hall–Kier alpha value is -3.80. The maximum atomic E-state index is 12.7. The summed E-state index contributed by atoms with van der Waals surface area (Å²) in [6.07, 6.45) is 0. The van der Waals surface area contributed by atoms with Crippen LogP contribution in [0.25, 0.3) is 22.9 Å². The van der Waals surface area contributed by atoms with Crippen molar-refractivity contribution in [2.45, 2.75) is 27.3 Å². The lowest BCUT2D eigenvalue weighted by Crippen LogP contribution is -2.20. The number of imidazole rings is 1. The lowest BCUT2D eigenvalue weighted by molar-refractivity contribution is -0.116. The van der Waals surface area contributed by atoms with Crippen LogP contribution in [0.5, 0.6) is 5.75 Å². The van der Waals surface area contributed by atoms with Crippen LogP contribution in [-0.2, 0) is 11.3 Å². The molecular formula is C25H25N3O3. The highest BCUT2D eigenvalue weighted by molar-refractivity contribution is 5.91. The third kappa shape index (κ3) is 4.53. The summed E-state index contributed by atoms with van der Waals surface area (Å²) in [7, 11) is 0. The maximum Gasteiger partial charge on any atom is 0.244 e. The highest BCUT2D eigenvalue weighted by atomic mass is 16.5. The van der Waals surface area contributed by atoms with E-state index in [-0.39, 0.29) is 12.5 Å². The number of carbonyl (C=O) groups is 1. The van der Waals surface area contributed by atoms with Gasteiger partial charge in [0.1, 0.15) is 18.1 Å². The molecule has 2 aromatic heterocycles. The SMILES string of the molecule is CCOc1ccc(NC(=O)Cn2c(-c3ccc(-c4ccccc4)o3)nc(C)c2C)cc1. The summed E-state index contributed by atoms with van der Waals surface area (Å²) in [6, 6.07) is 21.1. The zero-order chi connectivity index (χ0) is 21.8. The van der Waals surface area contributed by atoms with Crippen LogP contribution in [0, 0.1) is 13.8 Å². The van der Waals surface area contributed by atoms with E-state index in [1.165, 1.54) is 0 Å². The van der Waals surface area contributed by atoms with E-state index in [1.54, 1.807) is 0 Å². The van der Waals surface area contributed by atoms with Gasteiger partial charge in [0, 0.05) is 16.9 Å². The fraction of sp³-hybridized carbons (Fsp3) is 0.200. The molecule has 31 heavy (non-hydrogen) atoms. The van der Waals surface area contributed by atoms with E-state index in [0.717, 1.165) is 28.5 Å². The van der Waals surface area contributed by atoms with Crippen molar-refractivity contribution in [2.75, 3.05) is 11.9 Å². The van der Waals surface area contributed by atoms with E-state index in [2.05, 4.69) is 10.3 Å². The molecule has 0 fully saturated rings. The number of anilines is 1. The molecule has 0 radical (unpaired) electrons. The number of benzene rings is 2. The van der Waals surface area contributed by atoms with Crippen molar-refractivity contribution in [3.8, 4) is 28.7 Å². The quantitative estimate of drug-likeness (QED) is 0.435. The minimum Gasteiger partial charge on any atom is -0.494 e. The number of hydrogen-bond acceptors (Lipinski definition) is 4. The average molecular weight is 415 g/mol. The Morgan fingerprint density at radius 3 is 2.42 bits per heavy atom. The van der Waals surface area contributed by atoms with Crippen LogP contribution in [-0.4, -0.2) is 22.1 Å². The second-order valence-corrected chi connectivity index (χ2v) is 7.23. The second-order valence-electron chi connectivity index (χ2n) is 7.23. The molecule has 0 atom stereocenters. The number of aromatic nitrogens is 2. The number of nitrogens with zero attached hydrogens (tertiary/aromatic N) is 2. The van der Waals surface area contributed by atoms with Crippen molar-refractivity contribution in [1.82, 2.24) is 9.55 Å².